The number of pyridine rings is 1. The number of likely N-dealkylation sites (tertiary alicyclic amines) is 1. The second-order valence-electron chi connectivity index (χ2n) is 8.51. The summed E-state index contributed by atoms with van der Waals surface area (Å²) in [5, 5.41) is 11.0. The fraction of sp³-hybridized carbons (Fsp3) is 0.423. The summed E-state index contributed by atoms with van der Waals surface area (Å²) < 4.78 is 5.81. The Balaban J connectivity index is 1.94. The zero-order valence-electron chi connectivity index (χ0n) is 19.7. The van der Waals surface area contributed by atoms with Crippen LogP contribution in [0.15, 0.2) is 54.4 Å². The van der Waals surface area contributed by atoms with Crippen molar-refractivity contribution in [1.29, 1.82) is 0 Å². The Hall–Kier alpha value is -3.19. The van der Waals surface area contributed by atoms with Crippen molar-refractivity contribution in [2.75, 3.05) is 33.8 Å². The Morgan fingerprint density at radius 2 is 1.76 bits per heavy atom. The molecule has 1 amide bonds. The molecule has 1 fully saturated rings. The summed E-state index contributed by atoms with van der Waals surface area (Å²) >= 11 is 0. The second kappa shape index (κ2) is 11.6. The maximum atomic E-state index is 13.0. The van der Waals surface area contributed by atoms with Crippen LogP contribution < -0.4 is 4.74 Å². The fourth-order valence-corrected chi connectivity index (χ4v) is 3.97. The number of rotatable bonds is 11. The van der Waals surface area contributed by atoms with Crippen molar-refractivity contribution in [2.24, 2.45) is 0 Å². The molecule has 0 radical (unpaired) electrons. The molecule has 2 heterocycles. The van der Waals surface area contributed by atoms with Gasteiger partial charge in [-0.05, 0) is 63.3 Å². The Bertz CT molecular complexity index is 971. The first-order chi connectivity index (χ1) is 15.9. The first kappa shape index (κ1) is 24.5. The van der Waals surface area contributed by atoms with E-state index in [0.717, 1.165) is 37.1 Å². The van der Waals surface area contributed by atoms with E-state index in [2.05, 4.69) is 11.9 Å². The highest BCUT2D eigenvalue weighted by molar-refractivity contribution is 6.46. The normalized spacial score (nSPS) is 17.7. The summed E-state index contributed by atoms with van der Waals surface area (Å²) in [6.07, 6.45) is 7.05. The van der Waals surface area contributed by atoms with Gasteiger partial charge in [-0.15, -0.1) is 0 Å². The molecule has 1 saturated heterocycles. The van der Waals surface area contributed by atoms with E-state index in [9.17, 15) is 14.7 Å². The van der Waals surface area contributed by atoms with Crippen LogP contribution in [0.2, 0.25) is 0 Å². The van der Waals surface area contributed by atoms with E-state index in [1.807, 2.05) is 43.3 Å². The third kappa shape index (κ3) is 5.99. The highest BCUT2D eigenvalue weighted by Gasteiger charge is 2.45. The van der Waals surface area contributed by atoms with Crippen LogP contribution in [0.3, 0.4) is 0 Å². The number of hydrogen-bond donors (Lipinski definition) is 1. The van der Waals surface area contributed by atoms with Crippen molar-refractivity contribution in [3.63, 3.8) is 0 Å². The Labute approximate surface area is 195 Å². The van der Waals surface area contributed by atoms with Gasteiger partial charge in [-0.3, -0.25) is 14.6 Å². The SMILES string of the molecule is CCCCCOc1ccc(C2/C(=C(\O)c3ccncc3)C(=O)C(=O)N2CCCN(C)C)cc1. The van der Waals surface area contributed by atoms with E-state index in [0.29, 0.717) is 25.1 Å². The first-order valence-corrected chi connectivity index (χ1v) is 11.5. The van der Waals surface area contributed by atoms with Crippen LogP contribution >= 0.6 is 0 Å². The molecule has 1 aromatic heterocycles. The fourth-order valence-electron chi connectivity index (χ4n) is 3.97. The first-order valence-electron chi connectivity index (χ1n) is 11.5. The molecule has 33 heavy (non-hydrogen) atoms. The number of carbonyl (C=O) groups is 2. The topological polar surface area (TPSA) is 83.0 Å². The third-order valence-electron chi connectivity index (χ3n) is 5.71. The smallest absolute Gasteiger partial charge is 0.295 e. The number of aliphatic hydroxyl groups excluding tert-OH is 1. The van der Waals surface area contributed by atoms with Crippen molar-refractivity contribution in [2.45, 2.75) is 38.6 Å². The molecule has 176 valence electrons. The number of ether oxygens (including phenoxy) is 1. The molecule has 7 heteroatoms. The van der Waals surface area contributed by atoms with E-state index < -0.39 is 17.7 Å². The molecule has 1 N–H and O–H groups in total. The van der Waals surface area contributed by atoms with Crippen LogP contribution in [0.25, 0.3) is 5.76 Å². The van der Waals surface area contributed by atoms with E-state index in [4.69, 9.17) is 4.74 Å². The molecule has 3 rings (SSSR count). The van der Waals surface area contributed by atoms with E-state index in [1.54, 1.807) is 29.4 Å². The molecule has 0 aliphatic carbocycles. The monoisotopic (exact) mass is 451 g/mol. The lowest BCUT2D eigenvalue weighted by atomic mass is 9.95. The molecular weight excluding hydrogens is 418 g/mol. The summed E-state index contributed by atoms with van der Waals surface area (Å²) in [5.41, 5.74) is 1.32. The zero-order chi connectivity index (χ0) is 23.8. The maximum absolute atomic E-state index is 13.0. The van der Waals surface area contributed by atoms with Gasteiger partial charge in [0, 0.05) is 24.5 Å². The number of nitrogens with zero attached hydrogens (tertiary/aromatic N) is 3. The van der Waals surface area contributed by atoms with Gasteiger partial charge in [0.05, 0.1) is 18.2 Å². The number of aliphatic hydroxyl groups is 1. The summed E-state index contributed by atoms with van der Waals surface area (Å²) in [6.45, 7) is 3.99. The summed E-state index contributed by atoms with van der Waals surface area (Å²) in [7, 11) is 3.93. The van der Waals surface area contributed by atoms with Crippen LogP contribution in [0.1, 0.15) is 49.8 Å². The minimum absolute atomic E-state index is 0.104. The quantitative estimate of drug-likeness (QED) is 0.240. The lowest BCUT2D eigenvalue weighted by Crippen LogP contribution is -2.32. The molecule has 0 spiro atoms. The van der Waals surface area contributed by atoms with Gasteiger partial charge >= 0.3 is 0 Å². The molecule has 1 aromatic carbocycles. The van der Waals surface area contributed by atoms with Crippen LogP contribution in [-0.2, 0) is 9.59 Å². The van der Waals surface area contributed by atoms with Gasteiger partial charge in [-0.2, -0.15) is 0 Å². The van der Waals surface area contributed by atoms with Gasteiger partial charge in [0.25, 0.3) is 11.7 Å². The van der Waals surface area contributed by atoms with Gasteiger partial charge in [0.15, 0.2) is 0 Å². The van der Waals surface area contributed by atoms with Crippen molar-refractivity contribution in [3.8, 4) is 5.75 Å². The van der Waals surface area contributed by atoms with Crippen LogP contribution in [0, 0.1) is 0 Å². The molecule has 0 saturated carbocycles. The Kier molecular flexibility index (Phi) is 8.60. The van der Waals surface area contributed by atoms with Crippen LogP contribution in [-0.4, -0.2) is 65.4 Å². The van der Waals surface area contributed by atoms with Crippen LogP contribution in [0.4, 0.5) is 0 Å². The highest BCUT2D eigenvalue weighted by Crippen LogP contribution is 2.39. The Morgan fingerprint density at radius 1 is 1.06 bits per heavy atom. The Morgan fingerprint density at radius 3 is 2.39 bits per heavy atom. The number of unbranched alkanes of at least 4 members (excludes halogenated alkanes) is 2. The minimum Gasteiger partial charge on any atom is -0.507 e. The number of amides is 1. The van der Waals surface area contributed by atoms with Crippen molar-refractivity contribution in [1.82, 2.24) is 14.8 Å². The number of benzene rings is 1. The summed E-state index contributed by atoms with van der Waals surface area (Å²) in [4.78, 5) is 33.6. The number of Topliss-reactive ketones (excluding diaryl/α,β-unsaturated/α-hetero) is 1. The van der Waals surface area contributed by atoms with Gasteiger partial charge < -0.3 is 19.6 Å². The second-order valence-corrected chi connectivity index (χ2v) is 8.51. The molecule has 0 bridgehead atoms. The molecular formula is C26H33N3O4. The lowest BCUT2D eigenvalue weighted by Gasteiger charge is -2.26. The standard InChI is InChI=1S/C26H33N3O4/c1-4-5-6-18-33-21-10-8-19(9-11-21)23-22(24(30)20-12-14-27-15-13-20)25(31)26(32)29(23)17-7-16-28(2)3/h8-15,23,30H,4-7,16-18H2,1-3H3/b24-22+. The van der Waals surface area contributed by atoms with Crippen molar-refractivity contribution in [3.05, 3.63) is 65.5 Å². The molecule has 1 aliphatic heterocycles. The van der Waals surface area contributed by atoms with E-state index in [-0.39, 0.29) is 11.3 Å². The van der Waals surface area contributed by atoms with E-state index in [1.165, 1.54) is 0 Å². The minimum atomic E-state index is -0.668. The highest BCUT2D eigenvalue weighted by atomic mass is 16.5. The zero-order valence-corrected chi connectivity index (χ0v) is 19.7. The predicted molar refractivity (Wildman–Crippen MR) is 128 cm³/mol. The lowest BCUT2D eigenvalue weighted by molar-refractivity contribution is -0.139. The van der Waals surface area contributed by atoms with Gasteiger partial charge in [0.1, 0.15) is 11.5 Å². The molecule has 2 aromatic rings. The van der Waals surface area contributed by atoms with Crippen molar-refractivity contribution >= 4 is 17.4 Å². The summed E-state index contributed by atoms with van der Waals surface area (Å²) in [6, 6.07) is 10.0. The van der Waals surface area contributed by atoms with Gasteiger partial charge in [-0.1, -0.05) is 31.9 Å². The third-order valence-corrected chi connectivity index (χ3v) is 5.71. The predicted octanol–water partition coefficient (Wildman–Crippen LogP) is 4.02. The number of carbonyl (C=O) groups excluding carboxylic acids is 2. The van der Waals surface area contributed by atoms with Crippen molar-refractivity contribution < 1.29 is 19.4 Å². The van der Waals surface area contributed by atoms with Gasteiger partial charge in [0.2, 0.25) is 0 Å². The van der Waals surface area contributed by atoms with Gasteiger partial charge in [-0.25, -0.2) is 0 Å². The summed E-state index contributed by atoms with van der Waals surface area (Å²) in [5.74, 6) is -0.697. The number of aromatic nitrogens is 1. The molecule has 1 unspecified atom stereocenters. The average molecular weight is 452 g/mol. The number of ketones is 1. The average Bonchev–Trinajstić information content (AvgIpc) is 3.07. The van der Waals surface area contributed by atoms with E-state index >= 15 is 0 Å². The maximum Gasteiger partial charge on any atom is 0.295 e. The van der Waals surface area contributed by atoms with Crippen LogP contribution in [0.5, 0.6) is 5.75 Å². The molecule has 7 nitrogen and oxygen atoms in total. The number of hydrogen-bond acceptors (Lipinski definition) is 6. The largest absolute Gasteiger partial charge is 0.507 e. The molecule has 1 atom stereocenters. The molecule has 1 aliphatic rings.